The molecule has 3 nitrogen and oxygen atoms in total. The SMILES string of the molecule is OC(c1ccccc1)C1CCN(Cc2ccncc2)CC1. The van der Waals surface area contributed by atoms with Crippen LogP contribution in [0.15, 0.2) is 54.9 Å². The van der Waals surface area contributed by atoms with E-state index in [1.165, 1.54) is 5.56 Å². The molecule has 1 fully saturated rings. The Labute approximate surface area is 126 Å². The number of benzene rings is 1. The zero-order valence-electron chi connectivity index (χ0n) is 12.2. The zero-order chi connectivity index (χ0) is 14.5. The Kier molecular flexibility index (Phi) is 4.63. The van der Waals surface area contributed by atoms with Crippen molar-refractivity contribution < 1.29 is 5.11 Å². The van der Waals surface area contributed by atoms with E-state index in [1.807, 2.05) is 42.7 Å². The largest absolute Gasteiger partial charge is 0.388 e. The first kappa shape index (κ1) is 14.2. The maximum absolute atomic E-state index is 10.5. The highest BCUT2D eigenvalue weighted by Crippen LogP contribution is 2.30. The van der Waals surface area contributed by atoms with Crippen molar-refractivity contribution in [2.24, 2.45) is 5.92 Å². The highest BCUT2D eigenvalue weighted by atomic mass is 16.3. The Morgan fingerprint density at radius 2 is 1.71 bits per heavy atom. The Hall–Kier alpha value is -1.71. The van der Waals surface area contributed by atoms with Crippen LogP contribution in [-0.4, -0.2) is 28.1 Å². The van der Waals surface area contributed by atoms with Crippen LogP contribution in [0.2, 0.25) is 0 Å². The van der Waals surface area contributed by atoms with Gasteiger partial charge in [-0.15, -0.1) is 0 Å². The second-order valence-electron chi connectivity index (χ2n) is 5.82. The molecule has 21 heavy (non-hydrogen) atoms. The Morgan fingerprint density at radius 1 is 1.05 bits per heavy atom. The maximum Gasteiger partial charge on any atom is 0.0819 e. The van der Waals surface area contributed by atoms with E-state index in [-0.39, 0.29) is 6.10 Å². The third-order valence-corrected chi connectivity index (χ3v) is 4.38. The molecule has 0 amide bonds. The van der Waals surface area contributed by atoms with Crippen molar-refractivity contribution in [2.75, 3.05) is 13.1 Å². The smallest absolute Gasteiger partial charge is 0.0819 e. The number of rotatable bonds is 4. The van der Waals surface area contributed by atoms with Gasteiger partial charge in [0.2, 0.25) is 0 Å². The minimum absolute atomic E-state index is 0.325. The number of hydrogen-bond acceptors (Lipinski definition) is 3. The summed E-state index contributed by atoms with van der Waals surface area (Å²) in [4.78, 5) is 6.52. The van der Waals surface area contributed by atoms with Crippen LogP contribution in [0.25, 0.3) is 0 Å². The summed E-state index contributed by atoms with van der Waals surface area (Å²) in [5.41, 5.74) is 2.36. The van der Waals surface area contributed by atoms with Crippen LogP contribution in [0.4, 0.5) is 0 Å². The highest BCUT2D eigenvalue weighted by Gasteiger charge is 2.26. The molecule has 1 aliphatic rings. The molecule has 0 bridgehead atoms. The predicted molar refractivity (Wildman–Crippen MR) is 83.6 cm³/mol. The lowest BCUT2D eigenvalue weighted by molar-refractivity contribution is 0.0568. The molecule has 2 heterocycles. The summed E-state index contributed by atoms with van der Waals surface area (Å²) >= 11 is 0. The van der Waals surface area contributed by atoms with Gasteiger partial charge in [-0.05, 0) is 55.1 Å². The Bertz CT molecular complexity index is 536. The minimum atomic E-state index is -0.325. The van der Waals surface area contributed by atoms with Crippen molar-refractivity contribution in [1.29, 1.82) is 0 Å². The first-order valence-corrected chi connectivity index (χ1v) is 7.67. The van der Waals surface area contributed by atoms with Gasteiger partial charge in [0.25, 0.3) is 0 Å². The number of aliphatic hydroxyl groups is 1. The summed E-state index contributed by atoms with van der Waals surface area (Å²) in [6.45, 7) is 3.09. The van der Waals surface area contributed by atoms with Crippen molar-refractivity contribution in [3.8, 4) is 0 Å². The van der Waals surface area contributed by atoms with Crippen molar-refractivity contribution in [2.45, 2.75) is 25.5 Å². The summed E-state index contributed by atoms with van der Waals surface area (Å²) in [5, 5.41) is 10.5. The fraction of sp³-hybridized carbons (Fsp3) is 0.389. The van der Waals surface area contributed by atoms with E-state index in [0.29, 0.717) is 5.92 Å². The standard InChI is InChI=1S/C18H22N2O/c21-18(16-4-2-1-3-5-16)17-8-12-20(13-9-17)14-15-6-10-19-11-7-15/h1-7,10-11,17-18,21H,8-9,12-14H2. The average molecular weight is 282 g/mol. The first-order valence-electron chi connectivity index (χ1n) is 7.67. The molecule has 1 atom stereocenters. The molecule has 1 N–H and O–H groups in total. The van der Waals surface area contributed by atoms with Crippen LogP contribution in [0.5, 0.6) is 0 Å². The molecule has 0 aliphatic carbocycles. The van der Waals surface area contributed by atoms with Gasteiger partial charge in [0.15, 0.2) is 0 Å². The molecule has 3 heteroatoms. The molecule has 0 spiro atoms. The number of likely N-dealkylation sites (tertiary alicyclic amines) is 1. The van der Waals surface area contributed by atoms with Crippen LogP contribution < -0.4 is 0 Å². The lowest BCUT2D eigenvalue weighted by atomic mass is 9.87. The summed E-state index contributed by atoms with van der Waals surface area (Å²) in [5.74, 6) is 0.376. The second-order valence-corrected chi connectivity index (χ2v) is 5.82. The molecule has 0 saturated carbocycles. The van der Waals surface area contributed by atoms with E-state index in [2.05, 4.69) is 22.0 Å². The summed E-state index contributed by atoms with van der Waals surface area (Å²) in [6, 6.07) is 14.2. The number of aliphatic hydroxyl groups excluding tert-OH is 1. The quantitative estimate of drug-likeness (QED) is 0.936. The number of nitrogens with zero attached hydrogens (tertiary/aromatic N) is 2. The Balaban J connectivity index is 1.53. The molecule has 1 aliphatic heterocycles. The highest BCUT2D eigenvalue weighted by molar-refractivity contribution is 5.18. The lowest BCUT2D eigenvalue weighted by Crippen LogP contribution is -2.35. The van der Waals surface area contributed by atoms with Crippen LogP contribution in [0.1, 0.15) is 30.1 Å². The van der Waals surface area contributed by atoms with Crippen LogP contribution in [0.3, 0.4) is 0 Å². The topological polar surface area (TPSA) is 36.4 Å². The summed E-state index contributed by atoms with van der Waals surface area (Å²) in [6.07, 6.45) is 5.49. The molecule has 110 valence electrons. The van der Waals surface area contributed by atoms with E-state index >= 15 is 0 Å². The maximum atomic E-state index is 10.5. The number of piperidine rings is 1. The van der Waals surface area contributed by atoms with Gasteiger partial charge in [0, 0.05) is 18.9 Å². The third-order valence-electron chi connectivity index (χ3n) is 4.38. The Morgan fingerprint density at radius 3 is 2.38 bits per heavy atom. The molecular weight excluding hydrogens is 260 g/mol. The van der Waals surface area contributed by atoms with Crippen molar-refractivity contribution in [3.05, 3.63) is 66.0 Å². The monoisotopic (exact) mass is 282 g/mol. The molecule has 0 radical (unpaired) electrons. The van der Waals surface area contributed by atoms with E-state index in [1.54, 1.807) is 0 Å². The van der Waals surface area contributed by atoms with E-state index in [9.17, 15) is 5.11 Å². The zero-order valence-corrected chi connectivity index (χ0v) is 12.2. The van der Waals surface area contributed by atoms with E-state index < -0.39 is 0 Å². The summed E-state index contributed by atoms with van der Waals surface area (Å²) < 4.78 is 0. The summed E-state index contributed by atoms with van der Waals surface area (Å²) in [7, 11) is 0. The third kappa shape index (κ3) is 3.69. The fourth-order valence-electron chi connectivity index (χ4n) is 3.10. The minimum Gasteiger partial charge on any atom is -0.388 e. The van der Waals surface area contributed by atoms with Gasteiger partial charge in [0.1, 0.15) is 0 Å². The normalized spacial score (nSPS) is 18.5. The number of hydrogen-bond donors (Lipinski definition) is 1. The molecule has 3 rings (SSSR count). The van der Waals surface area contributed by atoms with Gasteiger partial charge < -0.3 is 5.11 Å². The molecule has 1 saturated heterocycles. The van der Waals surface area contributed by atoms with Gasteiger partial charge in [-0.2, -0.15) is 0 Å². The van der Waals surface area contributed by atoms with Gasteiger partial charge in [-0.3, -0.25) is 9.88 Å². The van der Waals surface area contributed by atoms with E-state index in [4.69, 9.17) is 0 Å². The molecule has 1 unspecified atom stereocenters. The van der Waals surface area contributed by atoms with Gasteiger partial charge in [-0.25, -0.2) is 0 Å². The van der Waals surface area contributed by atoms with Crippen LogP contribution in [0, 0.1) is 5.92 Å². The second kappa shape index (κ2) is 6.83. The van der Waals surface area contributed by atoms with Crippen LogP contribution in [-0.2, 0) is 6.54 Å². The van der Waals surface area contributed by atoms with Gasteiger partial charge >= 0.3 is 0 Å². The van der Waals surface area contributed by atoms with Gasteiger partial charge in [0.05, 0.1) is 6.10 Å². The molecule has 1 aromatic heterocycles. The number of aromatic nitrogens is 1. The first-order chi connectivity index (χ1) is 10.3. The molecule has 1 aromatic carbocycles. The van der Waals surface area contributed by atoms with Crippen molar-refractivity contribution >= 4 is 0 Å². The fourth-order valence-corrected chi connectivity index (χ4v) is 3.10. The predicted octanol–water partition coefficient (Wildman–Crippen LogP) is 3.03. The lowest BCUT2D eigenvalue weighted by Gasteiger charge is -2.34. The molecular formula is C18H22N2O. The van der Waals surface area contributed by atoms with Gasteiger partial charge in [-0.1, -0.05) is 30.3 Å². The molecule has 2 aromatic rings. The van der Waals surface area contributed by atoms with Crippen LogP contribution >= 0.6 is 0 Å². The number of pyridine rings is 1. The van der Waals surface area contributed by atoms with Crippen molar-refractivity contribution in [1.82, 2.24) is 9.88 Å². The average Bonchev–Trinajstić information content (AvgIpc) is 2.57. The van der Waals surface area contributed by atoms with E-state index in [0.717, 1.165) is 38.0 Å². The van der Waals surface area contributed by atoms with Crippen molar-refractivity contribution in [3.63, 3.8) is 0 Å².